The molecule has 0 radical (unpaired) electrons. The summed E-state index contributed by atoms with van der Waals surface area (Å²) in [5, 5.41) is 0. The van der Waals surface area contributed by atoms with Gasteiger partial charge in [-0.25, -0.2) is 8.42 Å². The van der Waals surface area contributed by atoms with Crippen LogP contribution in [0.2, 0.25) is 4.34 Å². The standard InChI is InChI=1S/C14H20ClN3O3S2/c15-12-3-4-14(22-12)23(20,21)18-10-7-16(8-11-18)6-9-17-5-1-2-13(17)19/h3-4H,1-2,5-11H2. The molecule has 0 N–H and O–H groups in total. The molecule has 0 bridgehead atoms. The highest BCUT2D eigenvalue weighted by molar-refractivity contribution is 7.91. The van der Waals surface area contributed by atoms with Crippen LogP contribution in [0.4, 0.5) is 0 Å². The van der Waals surface area contributed by atoms with Crippen molar-refractivity contribution in [2.75, 3.05) is 45.8 Å². The molecule has 0 aromatic carbocycles. The second-order valence-corrected chi connectivity index (χ2v) is 9.67. The lowest BCUT2D eigenvalue weighted by molar-refractivity contribution is -0.127. The van der Waals surface area contributed by atoms with E-state index >= 15 is 0 Å². The van der Waals surface area contributed by atoms with Crippen molar-refractivity contribution in [2.45, 2.75) is 17.1 Å². The van der Waals surface area contributed by atoms with Crippen molar-refractivity contribution in [3.05, 3.63) is 16.5 Å². The Labute approximate surface area is 145 Å². The Morgan fingerprint density at radius 2 is 1.83 bits per heavy atom. The first-order valence-electron chi connectivity index (χ1n) is 7.72. The number of amides is 1. The van der Waals surface area contributed by atoms with Crippen LogP contribution in [0.25, 0.3) is 0 Å². The van der Waals surface area contributed by atoms with Crippen molar-refractivity contribution in [3.8, 4) is 0 Å². The van der Waals surface area contributed by atoms with Crippen molar-refractivity contribution in [2.24, 2.45) is 0 Å². The predicted molar refractivity (Wildman–Crippen MR) is 90.3 cm³/mol. The molecule has 0 atom stereocenters. The van der Waals surface area contributed by atoms with Crippen LogP contribution in [-0.2, 0) is 14.8 Å². The van der Waals surface area contributed by atoms with Gasteiger partial charge < -0.3 is 4.90 Å². The van der Waals surface area contributed by atoms with E-state index in [4.69, 9.17) is 11.6 Å². The minimum absolute atomic E-state index is 0.237. The summed E-state index contributed by atoms with van der Waals surface area (Å²) in [7, 11) is -3.43. The lowest BCUT2D eigenvalue weighted by atomic mass is 10.3. The van der Waals surface area contributed by atoms with Crippen LogP contribution in [0, 0.1) is 0 Å². The van der Waals surface area contributed by atoms with E-state index in [1.807, 2.05) is 4.90 Å². The Morgan fingerprint density at radius 1 is 1.09 bits per heavy atom. The number of halogens is 1. The minimum Gasteiger partial charge on any atom is -0.341 e. The number of likely N-dealkylation sites (tertiary alicyclic amines) is 1. The van der Waals surface area contributed by atoms with Gasteiger partial charge in [-0.3, -0.25) is 9.69 Å². The Hall–Kier alpha value is -0.670. The zero-order chi connectivity index (χ0) is 16.4. The summed E-state index contributed by atoms with van der Waals surface area (Å²) in [5.41, 5.74) is 0. The quantitative estimate of drug-likeness (QED) is 0.776. The van der Waals surface area contributed by atoms with Gasteiger partial charge in [-0.2, -0.15) is 4.31 Å². The van der Waals surface area contributed by atoms with Gasteiger partial charge in [-0.05, 0) is 18.6 Å². The van der Waals surface area contributed by atoms with Gasteiger partial charge in [0.1, 0.15) is 4.21 Å². The second kappa shape index (κ2) is 7.06. The summed E-state index contributed by atoms with van der Waals surface area (Å²) in [6.07, 6.45) is 1.61. The highest BCUT2D eigenvalue weighted by Crippen LogP contribution is 2.28. The summed E-state index contributed by atoms with van der Waals surface area (Å²) in [6, 6.07) is 3.18. The summed E-state index contributed by atoms with van der Waals surface area (Å²) in [5.74, 6) is 0.237. The van der Waals surface area contributed by atoms with Crippen LogP contribution in [0.5, 0.6) is 0 Å². The summed E-state index contributed by atoms with van der Waals surface area (Å²) in [6.45, 7) is 4.75. The van der Waals surface area contributed by atoms with Gasteiger partial charge in [0.15, 0.2) is 0 Å². The smallest absolute Gasteiger partial charge is 0.252 e. The lowest BCUT2D eigenvalue weighted by Gasteiger charge is -2.34. The van der Waals surface area contributed by atoms with Gasteiger partial charge in [0.25, 0.3) is 10.0 Å². The number of carbonyl (C=O) groups is 1. The largest absolute Gasteiger partial charge is 0.341 e. The Bertz CT molecular complexity index is 669. The predicted octanol–water partition coefficient (Wildman–Crippen LogP) is 1.33. The topological polar surface area (TPSA) is 60.9 Å². The molecule has 23 heavy (non-hydrogen) atoms. The zero-order valence-corrected chi connectivity index (χ0v) is 15.2. The fourth-order valence-electron chi connectivity index (χ4n) is 2.96. The molecule has 3 heterocycles. The minimum atomic E-state index is -3.43. The van der Waals surface area contributed by atoms with Gasteiger partial charge >= 0.3 is 0 Å². The highest BCUT2D eigenvalue weighted by Gasteiger charge is 2.30. The molecule has 2 aliphatic rings. The van der Waals surface area contributed by atoms with Crippen molar-refractivity contribution in [1.82, 2.24) is 14.1 Å². The molecule has 3 rings (SSSR count). The molecule has 9 heteroatoms. The van der Waals surface area contributed by atoms with E-state index in [2.05, 4.69) is 4.90 Å². The Morgan fingerprint density at radius 3 is 2.39 bits per heavy atom. The second-order valence-electron chi connectivity index (χ2n) is 5.79. The van der Waals surface area contributed by atoms with E-state index in [0.717, 1.165) is 37.4 Å². The summed E-state index contributed by atoms with van der Waals surface area (Å²) < 4.78 is 27.4. The molecular weight excluding hydrogens is 358 g/mol. The van der Waals surface area contributed by atoms with Crippen molar-refractivity contribution in [1.29, 1.82) is 0 Å². The van der Waals surface area contributed by atoms with E-state index in [9.17, 15) is 13.2 Å². The monoisotopic (exact) mass is 377 g/mol. The number of sulfonamides is 1. The molecule has 1 amide bonds. The molecule has 0 aliphatic carbocycles. The van der Waals surface area contributed by atoms with Crippen molar-refractivity contribution < 1.29 is 13.2 Å². The van der Waals surface area contributed by atoms with E-state index in [0.29, 0.717) is 41.1 Å². The lowest BCUT2D eigenvalue weighted by Crippen LogP contribution is -2.50. The normalized spacial score (nSPS) is 21.3. The molecular formula is C14H20ClN3O3S2. The fraction of sp³-hybridized carbons (Fsp3) is 0.643. The van der Waals surface area contributed by atoms with Gasteiger partial charge in [0.2, 0.25) is 5.91 Å². The Kier molecular flexibility index (Phi) is 5.27. The van der Waals surface area contributed by atoms with Gasteiger partial charge in [-0.1, -0.05) is 11.6 Å². The van der Waals surface area contributed by atoms with Gasteiger partial charge in [-0.15, -0.1) is 11.3 Å². The van der Waals surface area contributed by atoms with Gasteiger partial charge in [0, 0.05) is 52.2 Å². The maximum atomic E-state index is 12.5. The zero-order valence-electron chi connectivity index (χ0n) is 12.8. The summed E-state index contributed by atoms with van der Waals surface area (Å²) >= 11 is 6.93. The number of thiophene rings is 1. The first-order valence-corrected chi connectivity index (χ1v) is 10.4. The molecule has 0 saturated carbocycles. The number of hydrogen-bond acceptors (Lipinski definition) is 5. The van der Waals surface area contributed by atoms with E-state index in [-0.39, 0.29) is 5.91 Å². The van der Waals surface area contributed by atoms with Gasteiger partial charge in [0.05, 0.1) is 4.34 Å². The van der Waals surface area contributed by atoms with E-state index < -0.39 is 10.0 Å². The third kappa shape index (κ3) is 3.88. The number of hydrogen-bond donors (Lipinski definition) is 0. The number of rotatable bonds is 5. The van der Waals surface area contributed by atoms with Crippen LogP contribution >= 0.6 is 22.9 Å². The van der Waals surface area contributed by atoms with Crippen LogP contribution in [-0.4, -0.2) is 74.2 Å². The van der Waals surface area contributed by atoms with Crippen LogP contribution < -0.4 is 0 Å². The number of carbonyl (C=O) groups excluding carboxylic acids is 1. The molecule has 2 saturated heterocycles. The SMILES string of the molecule is O=C1CCCN1CCN1CCN(S(=O)(=O)c2ccc(Cl)s2)CC1. The van der Waals surface area contributed by atoms with Crippen LogP contribution in [0.1, 0.15) is 12.8 Å². The first-order chi connectivity index (χ1) is 11.0. The van der Waals surface area contributed by atoms with Crippen molar-refractivity contribution >= 4 is 38.9 Å². The first kappa shape index (κ1) is 17.2. The van der Waals surface area contributed by atoms with Crippen molar-refractivity contribution in [3.63, 3.8) is 0 Å². The summed E-state index contributed by atoms with van der Waals surface area (Å²) in [4.78, 5) is 15.7. The molecule has 0 unspecified atom stereocenters. The maximum Gasteiger partial charge on any atom is 0.252 e. The Balaban J connectivity index is 1.51. The molecule has 0 spiro atoms. The molecule has 1 aromatic rings. The molecule has 6 nitrogen and oxygen atoms in total. The molecule has 1 aromatic heterocycles. The highest BCUT2D eigenvalue weighted by atomic mass is 35.5. The van der Waals surface area contributed by atoms with Crippen LogP contribution in [0.3, 0.4) is 0 Å². The average molecular weight is 378 g/mol. The molecule has 128 valence electrons. The third-order valence-electron chi connectivity index (χ3n) is 4.33. The molecule has 2 aliphatic heterocycles. The fourth-order valence-corrected chi connectivity index (χ4v) is 6.02. The van der Waals surface area contributed by atoms with Crippen LogP contribution in [0.15, 0.2) is 16.3 Å². The molecule has 2 fully saturated rings. The van der Waals surface area contributed by atoms with E-state index in [1.165, 1.54) is 4.31 Å². The number of piperazine rings is 1. The number of nitrogens with zero attached hydrogens (tertiary/aromatic N) is 3. The third-order valence-corrected chi connectivity index (χ3v) is 7.93. The maximum absolute atomic E-state index is 12.5. The van der Waals surface area contributed by atoms with E-state index in [1.54, 1.807) is 12.1 Å². The average Bonchev–Trinajstić information content (AvgIpc) is 3.14.